The van der Waals surface area contributed by atoms with Crippen molar-refractivity contribution >= 4 is 35.0 Å². The Labute approximate surface area is 295 Å². The lowest BCUT2D eigenvalue weighted by atomic mass is 9.98. The van der Waals surface area contributed by atoms with Crippen LogP contribution in [0.15, 0.2) is 48.8 Å². The molecule has 49 heavy (non-hydrogen) atoms. The van der Waals surface area contributed by atoms with Crippen LogP contribution in [0.5, 0.6) is 11.8 Å². The Balaban J connectivity index is 1.18. The molecule has 4 heterocycles. The number of halogens is 2. The molecule has 2 fully saturated rings. The van der Waals surface area contributed by atoms with Crippen LogP contribution >= 0.6 is 23.2 Å². The summed E-state index contributed by atoms with van der Waals surface area (Å²) in [6, 6.07) is 11.4. The molecule has 2 aromatic heterocycles. The highest BCUT2D eigenvalue weighted by atomic mass is 35.5. The fourth-order valence-electron chi connectivity index (χ4n) is 6.06. The molecular formula is C35H38Cl2N8O4. The molecule has 14 heteroatoms. The third-order valence-corrected chi connectivity index (χ3v) is 9.45. The van der Waals surface area contributed by atoms with E-state index in [2.05, 4.69) is 25.9 Å². The first-order valence-electron chi connectivity index (χ1n) is 16.2. The van der Waals surface area contributed by atoms with E-state index < -0.39 is 0 Å². The molecule has 12 nitrogen and oxygen atoms in total. The van der Waals surface area contributed by atoms with Crippen LogP contribution in [0.3, 0.4) is 0 Å². The zero-order chi connectivity index (χ0) is 34.3. The highest BCUT2D eigenvalue weighted by molar-refractivity contribution is 6.39. The second-order valence-electron chi connectivity index (χ2n) is 11.9. The van der Waals surface area contributed by atoms with Crippen LogP contribution in [0.1, 0.15) is 37.1 Å². The third kappa shape index (κ3) is 7.94. The Hall–Kier alpha value is -4.36. The van der Waals surface area contributed by atoms with E-state index in [1.165, 1.54) is 0 Å². The summed E-state index contributed by atoms with van der Waals surface area (Å²) in [5.74, 6) is 1.06. The normalized spacial score (nSPS) is 15.9. The van der Waals surface area contributed by atoms with Gasteiger partial charge >= 0.3 is 0 Å². The van der Waals surface area contributed by atoms with Gasteiger partial charge in [-0.2, -0.15) is 0 Å². The minimum absolute atomic E-state index is 0.0806. The van der Waals surface area contributed by atoms with Gasteiger partial charge in [-0.25, -0.2) is 9.97 Å². The van der Waals surface area contributed by atoms with Crippen molar-refractivity contribution in [2.75, 3.05) is 40.4 Å². The smallest absolute Gasteiger partial charge is 0.237 e. The van der Waals surface area contributed by atoms with Gasteiger partial charge in [0, 0.05) is 80.4 Å². The molecule has 0 radical (unpaired) electrons. The Morgan fingerprint density at radius 3 is 1.92 bits per heavy atom. The molecule has 1 atom stereocenters. The van der Waals surface area contributed by atoms with Crippen molar-refractivity contribution in [2.45, 2.75) is 44.8 Å². The number of ether oxygens (including phenoxy) is 2. The largest absolute Gasteiger partial charge is 0.480 e. The topological polar surface area (TPSA) is 143 Å². The number of aromatic nitrogens is 4. The van der Waals surface area contributed by atoms with Gasteiger partial charge in [-0.1, -0.05) is 59.6 Å². The van der Waals surface area contributed by atoms with Gasteiger partial charge in [-0.3, -0.25) is 19.6 Å². The van der Waals surface area contributed by atoms with Crippen molar-refractivity contribution in [3.63, 3.8) is 0 Å². The Morgan fingerprint density at radius 2 is 1.41 bits per heavy atom. The first-order chi connectivity index (χ1) is 23.9. The number of nitrogens with zero attached hydrogens (tertiary/aromatic N) is 5. The van der Waals surface area contributed by atoms with Crippen LogP contribution in [-0.4, -0.2) is 83.1 Å². The van der Waals surface area contributed by atoms with Crippen LogP contribution < -0.4 is 25.4 Å². The van der Waals surface area contributed by atoms with Gasteiger partial charge in [-0.05, 0) is 12.8 Å². The molecule has 2 aromatic carbocycles. The van der Waals surface area contributed by atoms with Gasteiger partial charge in [-0.15, -0.1) is 0 Å². The summed E-state index contributed by atoms with van der Waals surface area (Å²) in [5.41, 5.74) is 5.19. The summed E-state index contributed by atoms with van der Waals surface area (Å²) in [7, 11) is 3.11. The molecule has 6 rings (SSSR count). The fourth-order valence-corrected chi connectivity index (χ4v) is 6.70. The molecule has 2 aliphatic rings. The number of hydrogen-bond donors (Lipinski definition) is 3. The van der Waals surface area contributed by atoms with E-state index in [4.69, 9.17) is 42.6 Å². The van der Waals surface area contributed by atoms with Crippen molar-refractivity contribution in [1.29, 1.82) is 0 Å². The zero-order valence-corrected chi connectivity index (χ0v) is 28.9. The van der Waals surface area contributed by atoms with Gasteiger partial charge in [0.05, 0.1) is 48.0 Å². The summed E-state index contributed by atoms with van der Waals surface area (Å²) in [6.45, 7) is 3.63. The predicted octanol–water partition coefficient (Wildman–Crippen LogP) is 4.67. The van der Waals surface area contributed by atoms with Crippen LogP contribution in [0.25, 0.3) is 33.6 Å². The highest BCUT2D eigenvalue weighted by Crippen LogP contribution is 2.42. The molecule has 0 spiro atoms. The highest BCUT2D eigenvalue weighted by Gasteiger charge is 2.22. The van der Waals surface area contributed by atoms with Gasteiger partial charge < -0.3 is 30.3 Å². The summed E-state index contributed by atoms with van der Waals surface area (Å²) in [4.78, 5) is 43.9. The standard InChI is InChI=1S/C35H38Cl2N8O4/c1-48-34-28(17-38-13-15-45-14-5-10-31(45)47)40-19-26(43-34)24-8-3-6-22(32(24)36)23-7-4-9-25(33(23)37)27-20-41-29(35(44-27)49-2)18-39-16-21-11-12-30(46)42-21/h3-4,6-9,19-21,38-39H,5,10-18H2,1-2H3,(H,42,46)/t21-/m0/s1. The maximum atomic E-state index is 11.9. The van der Waals surface area contributed by atoms with Crippen molar-refractivity contribution in [3.8, 4) is 45.4 Å². The molecular weight excluding hydrogens is 667 g/mol. The van der Waals surface area contributed by atoms with Crippen LogP contribution in [-0.2, 0) is 22.7 Å². The van der Waals surface area contributed by atoms with Gasteiger partial charge in [0.15, 0.2) is 0 Å². The predicted molar refractivity (Wildman–Crippen MR) is 187 cm³/mol. The molecule has 0 unspecified atom stereocenters. The van der Waals surface area contributed by atoms with E-state index >= 15 is 0 Å². The van der Waals surface area contributed by atoms with Crippen LogP contribution in [0.4, 0.5) is 0 Å². The fraction of sp³-hybridized carbons (Fsp3) is 0.371. The number of hydrogen-bond acceptors (Lipinski definition) is 10. The lowest BCUT2D eigenvalue weighted by Gasteiger charge is -2.16. The number of carbonyl (C=O) groups excluding carboxylic acids is 2. The van der Waals surface area contributed by atoms with E-state index in [9.17, 15) is 9.59 Å². The molecule has 0 bridgehead atoms. The maximum Gasteiger partial charge on any atom is 0.237 e. The maximum absolute atomic E-state index is 11.9. The number of nitrogens with one attached hydrogen (secondary N) is 3. The minimum atomic E-state index is 0.0806. The lowest BCUT2D eigenvalue weighted by Crippen LogP contribution is -2.35. The molecule has 0 aliphatic carbocycles. The lowest BCUT2D eigenvalue weighted by molar-refractivity contribution is -0.127. The second-order valence-corrected chi connectivity index (χ2v) is 12.6. The SMILES string of the molecule is COc1nc(-c2cccc(-c3cccc(-c4cnc(CNC[C@@H]5CCC(=O)N5)c(OC)n4)c3Cl)c2Cl)cnc1CNCCN1CCCC1=O. The minimum Gasteiger partial charge on any atom is -0.480 e. The van der Waals surface area contributed by atoms with Crippen molar-refractivity contribution in [2.24, 2.45) is 0 Å². The van der Waals surface area contributed by atoms with E-state index in [-0.39, 0.29) is 17.9 Å². The Morgan fingerprint density at radius 1 is 0.837 bits per heavy atom. The number of amides is 2. The van der Waals surface area contributed by atoms with Crippen molar-refractivity contribution in [1.82, 2.24) is 40.8 Å². The number of carbonyl (C=O) groups is 2. The molecule has 2 saturated heterocycles. The number of likely N-dealkylation sites (tertiary alicyclic amines) is 1. The summed E-state index contributed by atoms with van der Waals surface area (Å²) < 4.78 is 11.2. The summed E-state index contributed by atoms with van der Waals surface area (Å²) in [5, 5.41) is 10.5. The molecule has 256 valence electrons. The monoisotopic (exact) mass is 704 g/mol. The molecule has 0 saturated carbocycles. The third-order valence-electron chi connectivity index (χ3n) is 8.64. The molecule has 2 amide bonds. The average molecular weight is 706 g/mol. The summed E-state index contributed by atoms with van der Waals surface area (Å²) >= 11 is 14.1. The van der Waals surface area contributed by atoms with Gasteiger partial charge in [0.25, 0.3) is 0 Å². The molecule has 2 aliphatic heterocycles. The van der Waals surface area contributed by atoms with E-state index in [0.29, 0.717) is 112 Å². The van der Waals surface area contributed by atoms with Crippen molar-refractivity contribution in [3.05, 3.63) is 70.2 Å². The molecule has 3 N–H and O–H groups in total. The number of rotatable bonds is 14. The first kappa shape index (κ1) is 34.5. The van der Waals surface area contributed by atoms with Crippen LogP contribution in [0, 0.1) is 0 Å². The van der Waals surface area contributed by atoms with Gasteiger partial charge in [0.2, 0.25) is 23.6 Å². The number of benzene rings is 2. The Bertz CT molecular complexity index is 1840. The van der Waals surface area contributed by atoms with Crippen LogP contribution in [0.2, 0.25) is 10.0 Å². The van der Waals surface area contributed by atoms with E-state index in [1.807, 2.05) is 41.3 Å². The Kier molecular flexibility index (Phi) is 11.2. The quantitative estimate of drug-likeness (QED) is 0.159. The first-order valence-corrected chi connectivity index (χ1v) is 17.0. The van der Waals surface area contributed by atoms with Crippen molar-refractivity contribution < 1.29 is 19.1 Å². The summed E-state index contributed by atoms with van der Waals surface area (Å²) in [6.07, 6.45) is 6.26. The van der Waals surface area contributed by atoms with E-state index in [1.54, 1.807) is 26.6 Å². The zero-order valence-electron chi connectivity index (χ0n) is 27.4. The second kappa shape index (κ2) is 15.9. The number of methoxy groups -OCH3 is 2. The average Bonchev–Trinajstić information content (AvgIpc) is 3.73. The van der Waals surface area contributed by atoms with E-state index in [0.717, 1.165) is 19.4 Å². The molecule has 4 aromatic rings. The van der Waals surface area contributed by atoms with Gasteiger partial charge in [0.1, 0.15) is 11.4 Å².